The quantitative estimate of drug-likeness (QED) is 0.228. The van der Waals surface area contributed by atoms with E-state index in [-0.39, 0.29) is 49.5 Å². The number of rotatable bonds is 11. The maximum atomic E-state index is 15.1. The van der Waals surface area contributed by atoms with Gasteiger partial charge < -0.3 is 49.8 Å². The van der Waals surface area contributed by atoms with Crippen molar-refractivity contribution in [2.24, 2.45) is 33.2 Å². The van der Waals surface area contributed by atoms with E-state index in [9.17, 15) is 33.6 Å². The number of carbonyl (C=O) groups is 9. The summed E-state index contributed by atoms with van der Waals surface area (Å²) in [6.45, 7) is 19.5. The van der Waals surface area contributed by atoms with Crippen LogP contribution in [0, 0.1) is 23.2 Å². The Morgan fingerprint density at radius 2 is 1.29 bits per heavy atom. The number of carbonyl (C=O) groups excluding carboxylic acids is 9. The average Bonchev–Trinajstić information content (AvgIpc) is 4.26. The number of fused-ring (bicyclic) bond motifs is 3. The van der Waals surface area contributed by atoms with E-state index >= 15 is 9.59 Å². The molecule has 7 amide bonds. The highest BCUT2D eigenvalue weighted by molar-refractivity contribution is 8.14. The molecule has 12 atom stereocenters. The van der Waals surface area contributed by atoms with E-state index in [2.05, 4.69) is 16.0 Å². The molecule has 0 spiro atoms. The van der Waals surface area contributed by atoms with Crippen molar-refractivity contribution in [2.45, 2.75) is 181 Å². The van der Waals surface area contributed by atoms with Crippen molar-refractivity contribution in [3.05, 3.63) is 71.8 Å². The third-order valence-corrected chi connectivity index (χ3v) is 18.2. The molecule has 0 aromatic heterocycles. The first-order valence-electron chi connectivity index (χ1n) is 29.6. The van der Waals surface area contributed by atoms with Gasteiger partial charge >= 0.3 is 12.1 Å². The van der Waals surface area contributed by atoms with Crippen LogP contribution in [0.25, 0.3) is 0 Å². The van der Waals surface area contributed by atoms with Crippen molar-refractivity contribution in [1.82, 2.24) is 35.6 Å². The highest BCUT2D eigenvalue weighted by atomic mass is 32.2. The van der Waals surface area contributed by atoms with Gasteiger partial charge in [0, 0.05) is 51.7 Å². The first-order chi connectivity index (χ1) is 40.1. The summed E-state index contributed by atoms with van der Waals surface area (Å²) in [7, 11) is 4.67. The number of ether oxygens (including phenoxy) is 3. The fraction of sp³-hybridized carbons (Fsp3) is 0.629. The summed E-state index contributed by atoms with van der Waals surface area (Å²) in [6.07, 6.45) is -2.10. The minimum Gasteiger partial charge on any atom is -0.452 e. The summed E-state index contributed by atoms with van der Waals surface area (Å²) in [5, 5.41) is 9.80. The molecular formula is C62H89N9O12S2. The smallest absolute Gasteiger partial charge is 0.452 e. The van der Waals surface area contributed by atoms with Crippen LogP contribution in [0.1, 0.15) is 113 Å². The molecule has 3 N–H and O–H groups in total. The fourth-order valence-electron chi connectivity index (χ4n) is 10.7. The van der Waals surface area contributed by atoms with E-state index in [1.165, 1.54) is 61.3 Å². The predicted molar refractivity (Wildman–Crippen MR) is 329 cm³/mol. The van der Waals surface area contributed by atoms with Gasteiger partial charge in [0.2, 0.25) is 35.4 Å². The van der Waals surface area contributed by atoms with E-state index in [0.717, 1.165) is 5.56 Å². The van der Waals surface area contributed by atoms with Crippen LogP contribution in [0.15, 0.2) is 70.6 Å². The minimum atomic E-state index is -1.59. The van der Waals surface area contributed by atoms with Crippen LogP contribution in [-0.4, -0.2) is 196 Å². The SMILES string of the molecule is CC[C@H]1NC(=O)[C@@H]2CSC(=N2)[C@@H](Cc2ccccc2)N(C)C(=O)[C@@H]2CCCN2C(=O)[C@H](C(C)C)N(C)C(=O)[C@H](Cc2ccccc2)OC(=O)[C@H](C)[C@@H](C)NC(=O)[C@@H]([C@@H](C)OC(=O)OCC(C)(C)C)NC(=O)[C@@H](CC(C)C)N(C)C(=O)[C@@H]2CSC1=N2. The van der Waals surface area contributed by atoms with E-state index in [4.69, 9.17) is 24.2 Å². The lowest BCUT2D eigenvalue weighted by Gasteiger charge is -2.38. The van der Waals surface area contributed by atoms with Gasteiger partial charge in [0.05, 0.1) is 34.7 Å². The summed E-state index contributed by atoms with van der Waals surface area (Å²) < 4.78 is 17.1. The number of nitrogens with zero attached hydrogens (tertiary/aromatic N) is 6. The lowest BCUT2D eigenvalue weighted by molar-refractivity contribution is -0.166. The molecule has 1 fully saturated rings. The number of hydrogen-bond donors (Lipinski definition) is 3. The summed E-state index contributed by atoms with van der Waals surface area (Å²) in [6, 6.07) is 9.94. The van der Waals surface area contributed by atoms with Crippen LogP contribution in [0.2, 0.25) is 0 Å². The summed E-state index contributed by atoms with van der Waals surface area (Å²) in [4.78, 5) is 146. The van der Waals surface area contributed by atoms with Crippen molar-refractivity contribution in [1.29, 1.82) is 0 Å². The van der Waals surface area contributed by atoms with Crippen molar-refractivity contribution >= 4 is 87.1 Å². The molecule has 4 bridgehead atoms. The number of cyclic esters (lactones) is 1. The number of amides is 7. The highest BCUT2D eigenvalue weighted by Crippen LogP contribution is 2.31. The van der Waals surface area contributed by atoms with Crippen LogP contribution in [0.4, 0.5) is 4.79 Å². The molecule has 23 heteroatoms. The Labute approximate surface area is 509 Å². The second-order valence-electron chi connectivity index (χ2n) is 24.7. The Morgan fingerprint density at radius 3 is 1.89 bits per heavy atom. The third kappa shape index (κ3) is 17.8. The van der Waals surface area contributed by atoms with Crippen LogP contribution < -0.4 is 16.0 Å². The Morgan fingerprint density at radius 1 is 0.706 bits per heavy atom. The van der Waals surface area contributed by atoms with E-state index in [0.29, 0.717) is 47.1 Å². The molecule has 4 aliphatic heterocycles. The number of esters is 1. The standard InChI is InChI=1S/C62H89N9O12S2/c1-15-42-54-66-44(33-84-54)56(75)68(12)46(29-35(2)3)52(73)67-49(39(8)82-61(80)81-34-62(9,10)11)53(74)63-38(7)37(6)60(79)83-48(31-41-25-20-17-21-26-41)58(77)70(14)50(36(4)5)59(78)71-28-22-27-45(71)57(76)69(13)47(30-40-23-18-16-19-24-40)55-65-43(32-85-55)51(72)64-42/h16-21,23-26,35-39,42-50H,15,22,27-34H2,1-14H3,(H,63,74)(H,64,72)(H,67,73)/t37-,38-,39-,42-,43+,44+,45+,46-,47-,48+,49-,50+/m1/s1. The second kappa shape index (κ2) is 30.2. The molecular weight excluding hydrogens is 1130 g/mol. The maximum absolute atomic E-state index is 15.1. The Balaban J connectivity index is 1.40. The van der Waals surface area contributed by atoms with Gasteiger partial charge in [-0.25, -0.2) is 4.79 Å². The van der Waals surface area contributed by atoms with Gasteiger partial charge in [-0.05, 0) is 81.3 Å². The molecule has 1 saturated heterocycles. The average molecular weight is 1220 g/mol. The first kappa shape index (κ1) is 67.6. The van der Waals surface area contributed by atoms with Crippen LogP contribution in [0.3, 0.4) is 0 Å². The minimum absolute atomic E-state index is 0.0163. The number of aliphatic imine (C=N–C) groups is 2. The molecule has 21 nitrogen and oxygen atoms in total. The number of benzene rings is 2. The van der Waals surface area contributed by atoms with E-state index in [1.54, 1.807) is 61.9 Å². The molecule has 0 unspecified atom stereocenters. The number of nitrogens with one attached hydrogen (secondary N) is 3. The Hall–Kier alpha value is -6.49. The lowest BCUT2D eigenvalue weighted by Crippen LogP contribution is -2.60. The van der Waals surface area contributed by atoms with E-state index < -0.39 is 125 Å². The molecule has 85 heavy (non-hydrogen) atoms. The zero-order chi connectivity index (χ0) is 62.6. The second-order valence-corrected chi connectivity index (χ2v) is 26.8. The number of thioether (sulfide) groups is 2. The molecule has 466 valence electrons. The molecule has 4 heterocycles. The molecule has 2 aromatic carbocycles. The van der Waals surface area contributed by atoms with Gasteiger partial charge in [0.15, 0.2) is 6.10 Å². The van der Waals surface area contributed by atoms with Gasteiger partial charge in [-0.1, -0.05) is 116 Å². The zero-order valence-corrected chi connectivity index (χ0v) is 53.5. The van der Waals surface area contributed by atoms with Crippen molar-refractivity contribution < 1.29 is 57.4 Å². The Bertz CT molecular complexity index is 2780. The molecule has 0 aliphatic carbocycles. The zero-order valence-electron chi connectivity index (χ0n) is 51.8. The third-order valence-electron chi connectivity index (χ3n) is 15.9. The number of hydrogen-bond acceptors (Lipinski definition) is 16. The van der Waals surface area contributed by atoms with Crippen molar-refractivity contribution in [2.75, 3.05) is 45.8 Å². The fourth-order valence-corrected chi connectivity index (χ4v) is 13.1. The predicted octanol–water partition coefficient (Wildman–Crippen LogP) is 5.71. The van der Waals surface area contributed by atoms with Crippen LogP contribution in [-0.2, 0) is 65.4 Å². The summed E-state index contributed by atoms with van der Waals surface area (Å²) in [5.41, 5.74) is 1.16. The molecule has 4 aliphatic rings. The normalized spacial score (nSPS) is 28.0. The maximum Gasteiger partial charge on any atom is 0.508 e. The number of likely N-dealkylation sites (N-methyl/N-ethyl adjacent to an activating group) is 3. The van der Waals surface area contributed by atoms with Gasteiger partial charge in [0.1, 0.15) is 42.4 Å². The van der Waals surface area contributed by atoms with Gasteiger partial charge in [0.25, 0.3) is 5.91 Å². The van der Waals surface area contributed by atoms with Crippen LogP contribution in [0.5, 0.6) is 0 Å². The summed E-state index contributed by atoms with van der Waals surface area (Å²) in [5.74, 6) is -5.88. The molecule has 2 aromatic rings. The first-order valence-corrected chi connectivity index (χ1v) is 31.6. The van der Waals surface area contributed by atoms with Crippen molar-refractivity contribution in [3.63, 3.8) is 0 Å². The molecule has 0 saturated carbocycles. The lowest BCUT2D eigenvalue weighted by atomic mass is 9.98. The highest BCUT2D eigenvalue weighted by Gasteiger charge is 2.46. The van der Waals surface area contributed by atoms with Crippen molar-refractivity contribution in [3.8, 4) is 0 Å². The Kier molecular flexibility index (Phi) is 24.1. The topological polar surface area (TPSA) is 255 Å². The molecule has 6 rings (SSSR count). The van der Waals surface area contributed by atoms with Gasteiger partial charge in [-0.3, -0.25) is 48.3 Å². The van der Waals surface area contributed by atoms with Gasteiger partial charge in [-0.2, -0.15) is 0 Å². The van der Waals surface area contributed by atoms with Crippen LogP contribution >= 0.6 is 23.5 Å². The van der Waals surface area contributed by atoms with E-state index in [1.807, 2.05) is 77.9 Å². The monoisotopic (exact) mass is 1220 g/mol. The largest absolute Gasteiger partial charge is 0.508 e. The molecule has 0 radical (unpaired) electrons. The summed E-state index contributed by atoms with van der Waals surface area (Å²) >= 11 is 2.73. The van der Waals surface area contributed by atoms with Gasteiger partial charge in [-0.15, -0.1) is 23.5 Å².